The molecule has 35 heavy (non-hydrogen) atoms. The van der Waals surface area contributed by atoms with E-state index in [9.17, 15) is 13.7 Å². The number of piperazine rings is 2. The van der Waals surface area contributed by atoms with E-state index >= 15 is 0 Å². The van der Waals surface area contributed by atoms with E-state index in [1.807, 2.05) is 22.5 Å². The molecule has 0 radical (unpaired) electrons. The third-order valence-electron chi connectivity index (χ3n) is 6.45. The maximum Gasteiger partial charge on any atom is 0.257 e. The maximum atomic E-state index is 14.3. The smallest absolute Gasteiger partial charge is 0.257 e. The van der Waals surface area contributed by atoms with Crippen molar-refractivity contribution in [1.82, 2.24) is 18.5 Å². The molecule has 1 unspecified atom stereocenters. The number of fused-ring (bicyclic) bond motifs is 1. The number of benzene rings is 2. The van der Waals surface area contributed by atoms with E-state index in [2.05, 4.69) is 26.3 Å². The predicted octanol–water partition coefficient (Wildman–Crippen LogP) is 3.25. The highest BCUT2D eigenvalue weighted by molar-refractivity contribution is 7.97. The zero-order chi connectivity index (χ0) is 24.4. The number of hydrogen-bond donors (Lipinski definition) is 0. The van der Waals surface area contributed by atoms with Crippen molar-refractivity contribution in [3.8, 4) is 0 Å². The van der Waals surface area contributed by atoms with Crippen molar-refractivity contribution >= 4 is 45.8 Å². The van der Waals surface area contributed by atoms with E-state index in [4.69, 9.17) is 0 Å². The van der Waals surface area contributed by atoms with Crippen molar-refractivity contribution in [1.29, 1.82) is 0 Å². The molecule has 3 aromatic rings. The van der Waals surface area contributed by atoms with Gasteiger partial charge in [-0.15, -0.1) is 4.31 Å². The molecule has 1 atom stereocenters. The van der Waals surface area contributed by atoms with Crippen LogP contribution in [0.3, 0.4) is 0 Å². The first-order chi connectivity index (χ1) is 17.0. The molecule has 5 rings (SSSR count). The van der Waals surface area contributed by atoms with Crippen LogP contribution in [0, 0.1) is 5.82 Å². The zero-order valence-corrected chi connectivity index (χ0v) is 21.2. The van der Waals surface area contributed by atoms with Crippen LogP contribution in [0.25, 0.3) is 10.9 Å². The van der Waals surface area contributed by atoms with Crippen LogP contribution in [0.15, 0.2) is 59.6 Å². The second-order valence-corrected chi connectivity index (χ2v) is 11.2. The lowest BCUT2D eigenvalue weighted by Crippen LogP contribution is -2.50. The summed E-state index contributed by atoms with van der Waals surface area (Å²) < 4.78 is 30.3. The van der Waals surface area contributed by atoms with Crippen LogP contribution in [-0.4, -0.2) is 87.6 Å². The fourth-order valence-electron chi connectivity index (χ4n) is 4.60. The first kappa shape index (κ1) is 24.3. The normalized spacial score (nSPS) is 18.7. The maximum absolute atomic E-state index is 14.3. The van der Waals surface area contributed by atoms with Gasteiger partial charge in [0.1, 0.15) is 12.1 Å². The largest absolute Gasteiger partial charge is 0.598 e. The van der Waals surface area contributed by atoms with Crippen LogP contribution in [0.5, 0.6) is 0 Å². The molecule has 2 fully saturated rings. The van der Waals surface area contributed by atoms with Gasteiger partial charge in [-0.25, -0.2) is 8.70 Å². The van der Waals surface area contributed by atoms with E-state index in [1.165, 1.54) is 17.0 Å². The molecule has 0 aliphatic carbocycles. The summed E-state index contributed by atoms with van der Waals surface area (Å²) in [7, 11) is 0. The van der Waals surface area contributed by atoms with Gasteiger partial charge >= 0.3 is 0 Å². The Morgan fingerprint density at radius 3 is 2.40 bits per heavy atom. The molecular formula is C25H28FN5O2S2. The number of carbonyl (C=O) groups excluding carboxylic acids is 1. The minimum atomic E-state index is -1.05. The fraction of sp³-hybridized carbons (Fsp3) is 0.360. The quantitative estimate of drug-likeness (QED) is 0.383. The van der Waals surface area contributed by atoms with Gasteiger partial charge in [0.15, 0.2) is 0 Å². The van der Waals surface area contributed by atoms with Crippen molar-refractivity contribution in [3.63, 3.8) is 0 Å². The Morgan fingerprint density at radius 2 is 1.71 bits per heavy atom. The Balaban J connectivity index is 1.40. The summed E-state index contributed by atoms with van der Waals surface area (Å²) in [6, 6.07) is 14.8. The van der Waals surface area contributed by atoms with Crippen LogP contribution in [-0.2, 0) is 11.4 Å². The third-order valence-corrected chi connectivity index (χ3v) is 8.65. The number of carbonyl (C=O) groups is 1. The molecule has 2 aliphatic rings. The summed E-state index contributed by atoms with van der Waals surface area (Å²) in [5.74, 6) is -0.455. The average molecular weight is 514 g/mol. The summed E-state index contributed by atoms with van der Waals surface area (Å²) >= 11 is 0.687. The Labute approximate surface area is 212 Å². The number of anilines is 1. The van der Waals surface area contributed by atoms with E-state index in [0.717, 1.165) is 31.9 Å². The molecular weight excluding hydrogens is 485 g/mol. The molecule has 0 saturated carbocycles. The SMILES string of the molecule is C[S+]([O-])N1CCN(C(=O)c2cnc3ccc(F)cc3c2N2CCN(Sc3ccccc3)CC2)CC1. The fourth-order valence-corrected chi connectivity index (χ4v) is 6.20. The van der Waals surface area contributed by atoms with Gasteiger partial charge in [0.2, 0.25) is 0 Å². The lowest BCUT2D eigenvalue weighted by atomic mass is 10.1. The van der Waals surface area contributed by atoms with Gasteiger partial charge in [0.25, 0.3) is 5.91 Å². The standard InChI is InChI=1S/C25H28FN5O2S2/c1-35(33)31-15-11-29(12-16-31)25(32)22-18-27-23-8-7-19(26)17-21(23)24(22)28-9-13-30(14-10-28)34-20-5-3-2-4-6-20/h2-8,17-18H,9-16H2,1H3. The number of nitrogens with zero attached hydrogens (tertiary/aromatic N) is 5. The van der Waals surface area contributed by atoms with Crippen molar-refractivity contribution in [2.45, 2.75) is 4.90 Å². The summed E-state index contributed by atoms with van der Waals surface area (Å²) in [5.41, 5.74) is 1.92. The van der Waals surface area contributed by atoms with E-state index in [1.54, 1.807) is 35.4 Å². The van der Waals surface area contributed by atoms with E-state index in [-0.39, 0.29) is 11.7 Å². The third kappa shape index (κ3) is 5.41. The van der Waals surface area contributed by atoms with Crippen molar-refractivity contribution < 1.29 is 13.7 Å². The number of aromatic nitrogens is 1. The molecule has 184 valence electrons. The minimum absolute atomic E-state index is 0.110. The molecule has 7 nitrogen and oxygen atoms in total. The van der Waals surface area contributed by atoms with Gasteiger partial charge in [-0.3, -0.25) is 9.78 Å². The van der Waals surface area contributed by atoms with Crippen molar-refractivity contribution in [3.05, 3.63) is 66.1 Å². The second kappa shape index (κ2) is 10.7. The Kier molecular flexibility index (Phi) is 7.45. The molecule has 2 saturated heterocycles. The molecule has 0 bridgehead atoms. The molecule has 2 aliphatic heterocycles. The molecule has 0 spiro atoms. The Bertz CT molecular complexity index is 1180. The molecule has 1 aromatic heterocycles. The number of rotatable bonds is 5. The molecule has 0 N–H and O–H groups in total. The number of amides is 1. The highest BCUT2D eigenvalue weighted by Gasteiger charge is 2.30. The Morgan fingerprint density at radius 1 is 1.00 bits per heavy atom. The second-order valence-electron chi connectivity index (χ2n) is 8.65. The van der Waals surface area contributed by atoms with Gasteiger partial charge in [-0.2, -0.15) is 0 Å². The monoisotopic (exact) mass is 513 g/mol. The topological polar surface area (TPSA) is 66.0 Å². The Hall–Kier alpha value is -2.37. The minimum Gasteiger partial charge on any atom is -0.598 e. The van der Waals surface area contributed by atoms with E-state index in [0.29, 0.717) is 42.6 Å². The molecule has 3 heterocycles. The van der Waals surface area contributed by atoms with Gasteiger partial charge in [0.05, 0.1) is 29.9 Å². The lowest BCUT2D eigenvalue weighted by Gasteiger charge is -2.38. The summed E-state index contributed by atoms with van der Waals surface area (Å²) in [6.45, 7) is 5.20. The summed E-state index contributed by atoms with van der Waals surface area (Å²) in [4.78, 5) is 23.3. The molecule has 1 amide bonds. The number of halogens is 1. The number of pyridine rings is 1. The van der Waals surface area contributed by atoms with Crippen molar-refractivity contribution in [2.24, 2.45) is 0 Å². The zero-order valence-electron chi connectivity index (χ0n) is 19.6. The number of hydrogen-bond acceptors (Lipinski definition) is 7. The molecule has 10 heteroatoms. The van der Waals surface area contributed by atoms with Gasteiger partial charge in [-0.05, 0) is 42.3 Å². The van der Waals surface area contributed by atoms with Crippen LogP contribution < -0.4 is 4.90 Å². The average Bonchev–Trinajstić information content (AvgIpc) is 2.89. The first-order valence-corrected chi connectivity index (χ1v) is 14.0. The summed E-state index contributed by atoms with van der Waals surface area (Å²) in [6.07, 6.45) is 3.29. The van der Waals surface area contributed by atoms with Crippen LogP contribution in [0.1, 0.15) is 10.4 Å². The molecule has 2 aromatic carbocycles. The van der Waals surface area contributed by atoms with E-state index < -0.39 is 11.4 Å². The highest BCUT2D eigenvalue weighted by atomic mass is 32.2. The lowest BCUT2D eigenvalue weighted by molar-refractivity contribution is 0.0698. The van der Waals surface area contributed by atoms with Gasteiger partial charge in [0, 0.05) is 67.1 Å². The van der Waals surface area contributed by atoms with Gasteiger partial charge < -0.3 is 14.4 Å². The van der Waals surface area contributed by atoms with Crippen LogP contribution >= 0.6 is 11.9 Å². The summed E-state index contributed by atoms with van der Waals surface area (Å²) in [5, 5.41) is 0.660. The van der Waals surface area contributed by atoms with Crippen molar-refractivity contribution in [2.75, 3.05) is 63.5 Å². The first-order valence-electron chi connectivity index (χ1n) is 11.7. The van der Waals surface area contributed by atoms with Gasteiger partial charge in [-0.1, -0.05) is 18.2 Å². The van der Waals surface area contributed by atoms with Crippen LogP contribution in [0.2, 0.25) is 0 Å². The van der Waals surface area contributed by atoms with Crippen LogP contribution in [0.4, 0.5) is 10.1 Å². The highest BCUT2D eigenvalue weighted by Crippen LogP contribution is 2.33. The predicted molar refractivity (Wildman–Crippen MR) is 139 cm³/mol.